The quantitative estimate of drug-likeness (QED) is 0.432. The fourth-order valence-corrected chi connectivity index (χ4v) is 4.36. The molecular formula is C29H28N4O. The minimum atomic E-state index is -0.0551. The number of benzodiazepines with no additional fused rings is 1. The van der Waals surface area contributed by atoms with Crippen molar-refractivity contribution in [1.29, 1.82) is 0 Å². The Bertz CT molecular complexity index is 1360. The number of hydrogen-bond acceptors (Lipinski definition) is 3. The van der Waals surface area contributed by atoms with Crippen molar-refractivity contribution in [2.24, 2.45) is 4.99 Å². The lowest BCUT2D eigenvalue weighted by Gasteiger charge is -2.18. The van der Waals surface area contributed by atoms with Crippen LogP contribution in [0.15, 0.2) is 90.1 Å². The van der Waals surface area contributed by atoms with Crippen LogP contribution in [0.3, 0.4) is 0 Å². The summed E-state index contributed by atoms with van der Waals surface area (Å²) in [4.78, 5) is 22.9. The van der Waals surface area contributed by atoms with E-state index in [0.717, 1.165) is 41.9 Å². The van der Waals surface area contributed by atoms with Crippen LogP contribution in [0.4, 0.5) is 5.69 Å². The number of para-hydroxylation sites is 2. The summed E-state index contributed by atoms with van der Waals surface area (Å²) in [6, 6.07) is 24.3. The molecule has 1 amide bonds. The van der Waals surface area contributed by atoms with Gasteiger partial charge >= 0.3 is 0 Å². The molecule has 0 saturated heterocycles. The van der Waals surface area contributed by atoms with Gasteiger partial charge in [-0.3, -0.25) is 9.79 Å². The number of amides is 1. The number of carbonyl (C=O) groups is 1. The zero-order chi connectivity index (χ0) is 23.3. The number of H-pyrrole nitrogens is 1. The van der Waals surface area contributed by atoms with Gasteiger partial charge in [-0.2, -0.15) is 0 Å². The van der Waals surface area contributed by atoms with E-state index in [0.29, 0.717) is 12.1 Å². The van der Waals surface area contributed by atoms with Crippen molar-refractivity contribution < 1.29 is 4.79 Å². The van der Waals surface area contributed by atoms with Crippen molar-refractivity contribution in [2.75, 3.05) is 31.6 Å². The normalized spacial score (nSPS) is 13.6. The van der Waals surface area contributed by atoms with Crippen LogP contribution in [-0.4, -0.2) is 43.3 Å². The molecule has 0 radical (unpaired) electrons. The van der Waals surface area contributed by atoms with Crippen molar-refractivity contribution in [2.45, 2.75) is 6.42 Å². The summed E-state index contributed by atoms with van der Waals surface area (Å²) < 4.78 is 0. The predicted octanol–water partition coefficient (Wildman–Crippen LogP) is 5.09. The number of aromatic amines is 1. The second kappa shape index (κ2) is 9.79. The maximum absolute atomic E-state index is 12.6. The number of allylic oxidation sites excluding steroid dienone is 1. The number of carbonyl (C=O) groups excluding carboxylic acids is 1. The monoisotopic (exact) mass is 448 g/mol. The van der Waals surface area contributed by atoms with E-state index in [2.05, 4.69) is 64.7 Å². The first-order valence-electron chi connectivity index (χ1n) is 11.7. The maximum atomic E-state index is 12.6. The Hall–Kier alpha value is -4.12. The molecule has 5 heteroatoms. The highest BCUT2D eigenvalue weighted by molar-refractivity contribution is 6.14. The molecule has 0 bridgehead atoms. The molecule has 2 N–H and O–H groups in total. The number of fused-ring (bicyclic) bond motifs is 2. The van der Waals surface area contributed by atoms with Crippen molar-refractivity contribution in [3.8, 4) is 0 Å². The fourth-order valence-electron chi connectivity index (χ4n) is 4.36. The van der Waals surface area contributed by atoms with Gasteiger partial charge in [0.15, 0.2) is 0 Å². The standard InChI is InChI=1S/C29H28N4O/c1-33-19-18-30-27(25-7-3-5-9-28(25)33)15-12-21-10-13-22(14-11-21)29(34)31-17-16-23-20-32-26-8-4-2-6-24(23)26/h2-15,20,32H,16-19H2,1H3,(H,31,34)/b15-12+. The number of likely N-dealkylation sites (N-methyl/N-ethyl adjacent to an activating group) is 1. The average Bonchev–Trinajstić information content (AvgIpc) is 3.21. The van der Waals surface area contributed by atoms with Crippen LogP contribution in [0.2, 0.25) is 0 Å². The van der Waals surface area contributed by atoms with E-state index in [4.69, 9.17) is 4.99 Å². The molecule has 170 valence electrons. The molecule has 3 aromatic carbocycles. The highest BCUT2D eigenvalue weighted by Gasteiger charge is 2.13. The molecule has 2 heterocycles. The number of aromatic nitrogens is 1. The molecule has 1 aliphatic heterocycles. The van der Waals surface area contributed by atoms with E-state index in [1.165, 1.54) is 16.6 Å². The molecule has 0 aliphatic carbocycles. The third kappa shape index (κ3) is 4.64. The van der Waals surface area contributed by atoms with E-state index in [-0.39, 0.29) is 5.91 Å². The van der Waals surface area contributed by atoms with Crippen molar-refractivity contribution in [3.63, 3.8) is 0 Å². The molecule has 5 rings (SSSR count). The molecule has 5 nitrogen and oxygen atoms in total. The lowest BCUT2D eigenvalue weighted by molar-refractivity contribution is 0.0954. The van der Waals surface area contributed by atoms with Crippen molar-refractivity contribution in [3.05, 3.63) is 107 Å². The van der Waals surface area contributed by atoms with Crippen LogP contribution in [0.1, 0.15) is 27.0 Å². The Morgan fingerprint density at radius 2 is 1.82 bits per heavy atom. The Labute approximate surface area is 199 Å². The second-order valence-electron chi connectivity index (χ2n) is 8.53. The summed E-state index contributed by atoms with van der Waals surface area (Å²) in [6.45, 7) is 2.26. The molecule has 0 fully saturated rings. The Kier molecular flexibility index (Phi) is 6.25. The minimum Gasteiger partial charge on any atom is -0.372 e. The highest BCUT2D eigenvalue weighted by Crippen LogP contribution is 2.23. The lowest BCUT2D eigenvalue weighted by Crippen LogP contribution is -2.25. The zero-order valence-electron chi connectivity index (χ0n) is 19.3. The number of benzene rings is 3. The van der Waals surface area contributed by atoms with Gasteiger partial charge in [0.25, 0.3) is 5.91 Å². The van der Waals surface area contributed by atoms with E-state index < -0.39 is 0 Å². The van der Waals surface area contributed by atoms with Gasteiger partial charge in [-0.1, -0.05) is 54.6 Å². The summed E-state index contributed by atoms with van der Waals surface area (Å²) >= 11 is 0. The largest absolute Gasteiger partial charge is 0.372 e. The fraction of sp³-hybridized carbons (Fsp3) is 0.172. The first-order chi connectivity index (χ1) is 16.7. The van der Waals surface area contributed by atoms with Gasteiger partial charge in [0, 0.05) is 54.1 Å². The minimum absolute atomic E-state index is 0.0551. The van der Waals surface area contributed by atoms with Crippen molar-refractivity contribution in [1.82, 2.24) is 10.3 Å². The van der Waals surface area contributed by atoms with Gasteiger partial charge in [0.2, 0.25) is 0 Å². The van der Waals surface area contributed by atoms with E-state index >= 15 is 0 Å². The molecule has 0 atom stereocenters. The molecule has 0 unspecified atom stereocenters. The third-order valence-electron chi connectivity index (χ3n) is 6.27. The predicted molar refractivity (Wildman–Crippen MR) is 141 cm³/mol. The zero-order valence-corrected chi connectivity index (χ0v) is 19.3. The Morgan fingerprint density at radius 3 is 2.71 bits per heavy atom. The Morgan fingerprint density at radius 1 is 1.03 bits per heavy atom. The Balaban J connectivity index is 1.21. The first-order valence-corrected chi connectivity index (χ1v) is 11.7. The number of nitrogens with zero attached hydrogens (tertiary/aromatic N) is 2. The number of hydrogen-bond donors (Lipinski definition) is 2. The molecule has 34 heavy (non-hydrogen) atoms. The number of rotatable bonds is 6. The van der Waals surface area contributed by atoms with Gasteiger partial charge in [0.1, 0.15) is 0 Å². The number of aliphatic imine (C=N–C) groups is 1. The molecule has 1 aliphatic rings. The van der Waals surface area contributed by atoms with Gasteiger partial charge in [0.05, 0.1) is 12.3 Å². The third-order valence-corrected chi connectivity index (χ3v) is 6.27. The summed E-state index contributed by atoms with van der Waals surface area (Å²) in [6.07, 6.45) is 6.93. The SMILES string of the molecule is CN1CCN=C(/C=C/c2ccc(C(=O)NCCc3c[nH]c4ccccc34)cc2)c2ccccc21. The molecule has 0 spiro atoms. The van der Waals surface area contributed by atoms with Crippen molar-refractivity contribution >= 4 is 34.3 Å². The average molecular weight is 449 g/mol. The van der Waals surface area contributed by atoms with E-state index in [9.17, 15) is 4.79 Å². The topological polar surface area (TPSA) is 60.5 Å². The van der Waals surface area contributed by atoms with Crippen LogP contribution in [-0.2, 0) is 6.42 Å². The second-order valence-corrected chi connectivity index (χ2v) is 8.53. The summed E-state index contributed by atoms with van der Waals surface area (Å²) in [5.74, 6) is -0.0551. The number of anilines is 1. The van der Waals surface area contributed by atoms with Gasteiger partial charge in [-0.15, -0.1) is 0 Å². The van der Waals surface area contributed by atoms with Gasteiger partial charge in [-0.05, 0) is 47.9 Å². The summed E-state index contributed by atoms with van der Waals surface area (Å²) in [5, 5.41) is 4.24. The molecule has 1 aromatic heterocycles. The summed E-state index contributed by atoms with van der Waals surface area (Å²) in [7, 11) is 2.10. The van der Waals surface area contributed by atoms with E-state index in [1.54, 1.807) is 0 Å². The van der Waals surface area contributed by atoms with Crippen LogP contribution in [0.25, 0.3) is 17.0 Å². The molecule has 4 aromatic rings. The van der Waals surface area contributed by atoms with Crippen LogP contribution >= 0.6 is 0 Å². The van der Waals surface area contributed by atoms with Crippen LogP contribution in [0, 0.1) is 0 Å². The molecule has 0 saturated carbocycles. The van der Waals surface area contributed by atoms with Gasteiger partial charge < -0.3 is 15.2 Å². The smallest absolute Gasteiger partial charge is 0.251 e. The van der Waals surface area contributed by atoms with Gasteiger partial charge in [-0.25, -0.2) is 0 Å². The van der Waals surface area contributed by atoms with E-state index in [1.807, 2.05) is 48.7 Å². The lowest BCUT2D eigenvalue weighted by atomic mass is 10.0. The van der Waals surface area contributed by atoms with Crippen LogP contribution in [0.5, 0.6) is 0 Å². The molecular weight excluding hydrogens is 420 g/mol. The first kappa shape index (κ1) is 21.7. The maximum Gasteiger partial charge on any atom is 0.251 e. The summed E-state index contributed by atoms with van der Waals surface area (Å²) in [5.41, 5.74) is 7.36. The number of nitrogens with one attached hydrogen (secondary N) is 2. The van der Waals surface area contributed by atoms with Crippen LogP contribution < -0.4 is 10.2 Å². The highest BCUT2D eigenvalue weighted by atomic mass is 16.1.